The molecule has 2 aromatic rings. The van der Waals surface area contributed by atoms with Gasteiger partial charge in [0.2, 0.25) is 0 Å². The van der Waals surface area contributed by atoms with E-state index in [4.69, 9.17) is 4.74 Å². The van der Waals surface area contributed by atoms with Gasteiger partial charge in [-0.25, -0.2) is 0 Å². The van der Waals surface area contributed by atoms with Crippen LogP contribution in [0.15, 0.2) is 10.9 Å². The van der Waals surface area contributed by atoms with Crippen molar-refractivity contribution in [1.82, 2.24) is 24.4 Å². The van der Waals surface area contributed by atoms with Crippen LogP contribution in [0.3, 0.4) is 0 Å². The van der Waals surface area contributed by atoms with E-state index in [2.05, 4.69) is 35.8 Å². The lowest BCUT2D eigenvalue weighted by atomic mass is 10.0. The number of amides is 1. The molecule has 0 aliphatic carbocycles. The van der Waals surface area contributed by atoms with E-state index >= 15 is 0 Å². The van der Waals surface area contributed by atoms with Gasteiger partial charge in [0, 0.05) is 31.2 Å². The molecule has 0 saturated carbocycles. The monoisotopic (exact) mass is 373 g/mol. The number of H-pyrrole nitrogens is 1. The zero-order valence-electron chi connectivity index (χ0n) is 16.4. The first-order valence-electron chi connectivity index (χ1n) is 9.57. The summed E-state index contributed by atoms with van der Waals surface area (Å²) < 4.78 is 7.26. The first kappa shape index (κ1) is 18.2. The van der Waals surface area contributed by atoms with Gasteiger partial charge in [0.1, 0.15) is 11.3 Å². The molecule has 0 aromatic carbocycles. The van der Waals surface area contributed by atoms with Crippen LogP contribution in [0.2, 0.25) is 0 Å². The first-order valence-corrected chi connectivity index (χ1v) is 9.57. The summed E-state index contributed by atoms with van der Waals surface area (Å²) in [6.07, 6.45) is 0.685. The van der Waals surface area contributed by atoms with Crippen LogP contribution in [0.1, 0.15) is 49.4 Å². The van der Waals surface area contributed by atoms with Crippen molar-refractivity contribution in [1.29, 1.82) is 0 Å². The number of fused-ring (bicyclic) bond motifs is 2. The third-order valence-corrected chi connectivity index (χ3v) is 5.49. The molecule has 2 aliphatic rings. The average Bonchev–Trinajstić information content (AvgIpc) is 3.18. The number of carbonyl (C=O) groups excluding carboxylic acids is 1. The highest BCUT2D eigenvalue weighted by atomic mass is 16.5. The molecular formula is C19H27N5O3. The molecule has 8 heteroatoms. The Morgan fingerprint density at radius 2 is 2.11 bits per heavy atom. The molecule has 1 fully saturated rings. The number of hydrogen-bond donors (Lipinski definition) is 1. The lowest BCUT2D eigenvalue weighted by Gasteiger charge is -2.42. The molecule has 1 amide bonds. The smallest absolute Gasteiger partial charge is 0.280 e. The molecule has 0 unspecified atom stereocenters. The van der Waals surface area contributed by atoms with Crippen molar-refractivity contribution in [3.05, 3.63) is 33.4 Å². The van der Waals surface area contributed by atoms with Crippen LogP contribution in [0, 0.1) is 0 Å². The molecule has 0 bridgehead atoms. The Labute approximate surface area is 158 Å². The van der Waals surface area contributed by atoms with E-state index < -0.39 is 0 Å². The van der Waals surface area contributed by atoms with Gasteiger partial charge in [0.15, 0.2) is 0 Å². The normalized spacial score (nSPS) is 21.3. The SMILES string of the molecule is CCc1cc2[nH]c3c(c(=O)n2n1)CN(C[C@@H]1CN(C(C)(C)C)CCO1)C3=O. The highest BCUT2D eigenvalue weighted by Crippen LogP contribution is 2.22. The number of aromatic nitrogens is 3. The Morgan fingerprint density at radius 3 is 2.81 bits per heavy atom. The summed E-state index contributed by atoms with van der Waals surface area (Å²) in [5, 5.41) is 4.32. The van der Waals surface area contributed by atoms with E-state index in [1.807, 2.05) is 13.0 Å². The fourth-order valence-corrected chi connectivity index (χ4v) is 3.87. The van der Waals surface area contributed by atoms with Gasteiger partial charge in [-0.05, 0) is 27.2 Å². The molecule has 1 N–H and O–H groups in total. The van der Waals surface area contributed by atoms with E-state index in [1.54, 1.807) is 4.90 Å². The lowest BCUT2D eigenvalue weighted by Crippen LogP contribution is -2.54. The zero-order valence-corrected chi connectivity index (χ0v) is 16.4. The molecule has 2 aliphatic heterocycles. The van der Waals surface area contributed by atoms with Gasteiger partial charge in [-0.1, -0.05) is 6.92 Å². The quantitative estimate of drug-likeness (QED) is 0.869. The van der Waals surface area contributed by atoms with Crippen molar-refractivity contribution in [2.24, 2.45) is 0 Å². The van der Waals surface area contributed by atoms with E-state index in [-0.39, 0.29) is 23.1 Å². The number of carbonyl (C=O) groups is 1. The van der Waals surface area contributed by atoms with Gasteiger partial charge in [-0.2, -0.15) is 9.61 Å². The van der Waals surface area contributed by atoms with Gasteiger partial charge >= 0.3 is 0 Å². The molecule has 4 rings (SSSR count). The Morgan fingerprint density at radius 1 is 1.33 bits per heavy atom. The minimum Gasteiger partial charge on any atom is -0.374 e. The van der Waals surface area contributed by atoms with Crippen molar-refractivity contribution in [3.63, 3.8) is 0 Å². The topological polar surface area (TPSA) is 82.9 Å². The number of aryl methyl sites for hydroxylation is 1. The zero-order chi connectivity index (χ0) is 19.3. The second kappa shape index (κ2) is 6.45. The fraction of sp³-hybridized carbons (Fsp3) is 0.632. The molecule has 8 nitrogen and oxygen atoms in total. The Bertz CT molecular complexity index is 939. The summed E-state index contributed by atoms with van der Waals surface area (Å²) in [4.78, 5) is 32.9. The molecule has 146 valence electrons. The number of rotatable bonds is 3. The molecular weight excluding hydrogens is 346 g/mol. The predicted octanol–water partition coefficient (Wildman–Crippen LogP) is 1.04. The molecule has 0 spiro atoms. The number of morpholine rings is 1. The van der Waals surface area contributed by atoms with Crippen molar-refractivity contribution < 1.29 is 9.53 Å². The summed E-state index contributed by atoms with van der Waals surface area (Å²) in [6, 6.07) is 1.82. The minimum absolute atomic E-state index is 0.0536. The number of nitrogens with one attached hydrogen (secondary N) is 1. The maximum absolute atomic E-state index is 12.9. The summed E-state index contributed by atoms with van der Waals surface area (Å²) >= 11 is 0. The summed E-state index contributed by atoms with van der Waals surface area (Å²) in [5.74, 6) is -0.139. The first-order chi connectivity index (χ1) is 12.8. The number of aromatic amines is 1. The maximum Gasteiger partial charge on any atom is 0.280 e. The molecule has 27 heavy (non-hydrogen) atoms. The molecule has 1 atom stereocenters. The Hall–Kier alpha value is -2.19. The van der Waals surface area contributed by atoms with Gasteiger partial charge in [-0.15, -0.1) is 0 Å². The van der Waals surface area contributed by atoms with Crippen LogP contribution in [-0.2, 0) is 17.7 Å². The van der Waals surface area contributed by atoms with E-state index in [9.17, 15) is 9.59 Å². The summed E-state index contributed by atoms with van der Waals surface area (Å²) in [6.45, 7) is 11.7. The van der Waals surface area contributed by atoms with Crippen molar-refractivity contribution >= 4 is 11.6 Å². The van der Waals surface area contributed by atoms with E-state index in [1.165, 1.54) is 4.52 Å². The summed E-state index contributed by atoms with van der Waals surface area (Å²) in [7, 11) is 0. The highest BCUT2D eigenvalue weighted by molar-refractivity contribution is 5.96. The number of hydrogen-bond acceptors (Lipinski definition) is 5. The van der Waals surface area contributed by atoms with Crippen LogP contribution in [0.5, 0.6) is 0 Å². The standard InChI is InChI=1S/C19H27N5O3/c1-5-12-8-15-20-16-14(17(25)24(15)21-12)11-22(18(16)26)9-13-10-23(6-7-27-13)19(2,3)4/h8,13,20H,5-7,9-11H2,1-4H3/t13-/m1/s1. The fourth-order valence-electron chi connectivity index (χ4n) is 3.87. The largest absolute Gasteiger partial charge is 0.374 e. The molecule has 0 radical (unpaired) electrons. The second-order valence-corrected chi connectivity index (χ2v) is 8.37. The van der Waals surface area contributed by atoms with Gasteiger partial charge in [-0.3, -0.25) is 14.5 Å². The van der Waals surface area contributed by atoms with Crippen molar-refractivity contribution in [2.45, 2.75) is 52.3 Å². The third kappa shape index (κ3) is 3.17. The van der Waals surface area contributed by atoms with E-state index in [0.717, 1.165) is 25.2 Å². The number of ether oxygens (including phenoxy) is 1. The van der Waals surface area contributed by atoms with Crippen molar-refractivity contribution in [2.75, 3.05) is 26.2 Å². The van der Waals surface area contributed by atoms with Crippen LogP contribution in [-0.4, -0.2) is 68.2 Å². The van der Waals surface area contributed by atoms with Crippen LogP contribution >= 0.6 is 0 Å². The van der Waals surface area contributed by atoms with Crippen LogP contribution < -0.4 is 5.56 Å². The molecule has 4 heterocycles. The number of nitrogens with zero attached hydrogens (tertiary/aromatic N) is 4. The lowest BCUT2D eigenvalue weighted by molar-refractivity contribution is -0.0663. The molecule has 2 aromatic heterocycles. The summed E-state index contributed by atoms with van der Waals surface area (Å²) in [5.41, 5.74) is 2.13. The van der Waals surface area contributed by atoms with Gasteiger partial charge in [0.05, 0.1) is 30.5 Å². The van der Waals surface area contributed by atoms with E-state index in [0.29, 0.717) is 36.6 Å². The maximum atomic E-state index is 12.9. The minimum atomic E-state index is -0.213. The van der Waals surface area contributed by atoms with Crippen LogP contribution in [0.4, 0.5) is 0 Å². The van der Waals surface area contributed by atoms with Crippen LogP contribution in [0.25, 0.3) is 5.65 Å². The van der Waals surface area contributed by atoms with Gasteiger partial charge in [0.25, 0.3) is 11.5 Å². The second-order valence-electron chi connectivity index (χ2n) is 8.37. The Balaban J connectivity index is 1.55. The third-order valence-electron chi connectivity index (χ3n) is 5.49. The predicted molar refractivity (Wildman–Crippen MR) is 101 cm³/mol. The highest BCUT2D eigenvalue weighted by Gasteiger charge is 2.36. The average molecular weight is 373 g/mol. The molecule has 1 saturated heterocycles. The Kier molecular flexibility index (Phi) is 4.35. The van der Waals surface area contributed by atoms with Gasteiger partial charge < -0.3 is 14.6 Å². The van der Waals surface area contributed by atoms with Crippen molar-refractivity contribution in [3.8, 4) is 0 Å².